The Morgan fingerprint density at radius 1 is 0.943 bits per heavy atom. The zero-order valence-electron chi connectivity index (χ0n) is 19.6. The first-order valence-electron chi connectivity index (χ1n) is 12.0. The van der Waals surface area contributed by atoms with Crippen LogP contribution in [0.5, 0.6) is 5.75 Å². The molecule has 3 aromatic carbocycles. The summed E-state index contributed by atoms with van der Waals surface area (Å²) in [6, 6.07) is 25.2. The van der Waals surface area contributed by atoms with E-state index in [0.29, 0.717) is 13.0 Å². The standard InChI is InChI=1S/C29H27N3O3/c1-35-21-13-11-20(12-14-21)28-27-23(22-9-5-6-10-24(22)30-27)17-25-29(34)31(18-26(33)32(25)28)16-15-19-7-3-2-4-8-19/h2-14,25,28,30H,15-18H2,1H3/t25-,28+/m1/s1. The van der Waals surface area contributed by atoms with E-state index in [0.717, 1.165) is 45.5 Å². The monoisotopic (exact) mass is 465 g/mol. The zero-order chi connectivity index (χ0) is 23.9. The fourth-order valence-corrected chi connectivity index (χ4v) is 5.55. The number of rotatable bonds is 5. The summed E-state index contributed by atoms with van der Waals surface area (Å²) >= 11 is 0. The molecule has 0 aliphatic carbocycles. The quantitative estimate of drug-likeness (QED) is 0.483. The van der Waals surface area contributed by atoms with Gasteiger partial charge in [0.1, 0.15) is 11.8 Å². The minimum absolute atomic E-state index is 0.0206. The molecule has 0 spiro atoms. The van der Waals surface area contributed by atoms with Crippen LogP contribution < -0.4 is 4.74 Å². The molecule has 0 bridgehead atoms. The Bertz CT molecular complexity index is 1390. The second-order valence-corrected chi connectivity index (χ2v) is 9.25. The average molecular weight is 466 g/mol. The number of aromatic nitrogens is 1. The molecule has 0 saturated carbocycles. The first kappa shape index (κ1) is 21.5. The topological polar surface area (TPSA) is 65.6 Å². The first-order valence-corrected chi connectivity index (χ1v) is 12.0. The molecule has 6 nitrogen and oxygen atoms in total. The molecule has 2 aliphatic rings. The van der Waals surface area contributed by atoms with Gasteiger partial charge in [0.25, 0.3) is 0 Å². The predicted molar refractivity (Wildman–Crippen MR) is 134 cm³/mol. The number of H-pyrrole nitrogens is 1. The first-order chi connectivity index (χ1) is 17.1. The van der Waals surface area contributed by atoms with E-state index in [4.69, 9.17) is 4.74 Å². The number of fused-ring (bicyclic) bond motifs is 4. The average Bonchev–Trinajstić information content (AvgIpc) is 3.28. The van der Waals surface area contributed by atoms with Crippen LogP contribution in [0.3, 0.4) is 0 Å². The summed E-state index contributed by atoms with van der Waals surface area (Å²) < 4.78 is 5.35. The van der Waals surface area contributed by atoms with E-state index in [9.17, 15) is 9.59 Å². The van der Waals surface area contributed by atoms with Gasteiger partial charge in [-0.05, 0) is 41.3 Å². The summed E-state index contributed by atoms with van der Waals surface area (Å²) in [7, 11) is 1.64. The summed E-state index contributed by atoms with van der Waals surface area (Å²) in [5.41, 5.74) is 5.26. The van der Waals surface area contributed by atoms with E-state index < -0.39 is 6.04 Å². The molecule has 1 fully saturated rings. The van der Waals surface area contributed by atoms with Gasteiger partial charge in [-0.2, -0.15) is 0 Å². The lowest BCUT2D eigenvalue weighted by Crippen LogP contribution is -2.63. The number of nitrogens with zero attached hydrogens (tertiary/aromatic N) is 2. The molecule has 1 saturated heterocycles. The lowest BCUT2D eigenvalue weighted by atomic mass is 9.86. The Morgan fingerprint density at radius 3 is 2.46 bits per heavy atom. The predicted octanol–water partition coefficient (Wildman–Crippen LogP) is 4.10. The van der Waals surface area contributed by atoms with Crippen molar-refractivity contribution < 1.29 is 14.3 Å². The van der Waals surface area contributed by atoms with Crippen molar-refractivity contribution >= 4 is 22.7 Å². The molecule has 6 rings (SSSR count). The zero-order valence-corrected chi connectivity index (χ0v) is 19.6. The second kappa shape index (κ2) is 8.62. The number of aromatic amines is 1. The van der Waals surface area contributed by atoms with E-state index in [1.165, 1.54) is 0 Å². The normalized spacial score (nSPS) is 19.6. The van der Waals surface area contributed by atoms with Gasteiger partial charge in [-0.3, -0.25) is 9.59 Å². The van der Waals surface area contributed by atoms with Crippen LogP contribution in [0.4, 0.5) is 0 Å². The Kier molecular flexibility index (Phi) is 5.29. The van der Waals surface area contributed by atoms with Gasteiger partial charge in [-0.1, -0.05) is 60.7 Å². The maximum atomic E-state index is 13.8. The highest BCUT2D eigenvalue weighted by molar-refractivity contribution is 5.97. The number of ether oxygens (including phenoxy) is 1. The smallest absolute Gasteiger partial charge is 0.246 e. The molecular formula is C29H27N3O3. The highest BCUT2D eigenvalue weighted by Gasteiger charge is 2.48. The number of carbonyl (C=O) groups excluding carboxylic acids is 2. The highest BCUT2D eigenvalue weighted by Crippen LogP contribution is 2.42. The van der Waals surface area contributed by atoms with Gasteiger partial charge in [0.2, 0.25) is 11.8 Å². The number of para-hydroxylation sites is 1. The van der Waals surface area contributed by atoms with Crippen LogP contribution in [0.2, 0.25) is 0 Å². The van der Waals surface area contributed by atoms with Crippen molar-refractivity contribution in [3.63, 3.8) is 0 Å². The van der Waals surface area contributed by atoms with Gasteiger partial charge in [0, 0.05) is 29.6 Å². The summed E-state index contributed by atoms with van der Waals surface area (Å²) in [5.74, 6) is 0.758. The number of methoxy groups -OCH3 is 1. The largest absolute Gasteiger partial charge is 0.497 e. The number of hydrogen-bond acceptors (Lipinski definition) is 3. The number of carbonyl (C=O) groups is 2. The van der Waals surface area contributed by atoms with Crippen molar-refractivity contribution in [3.05, 3.63) is 101 Å². The van der Waals surface area contributed by atoms with Crippen LogP contribution in [-0.2, 0) is 22.4 Å². The Labute approximate surface area is 204 Å². The van der Waals surface area contributed by atoms with Gasteiger partial charge in [-0.15, -0.1) is 0 Å². The summed E-state index contributed by atoms with van der Waals surface area (Å²) in [5, 5.41) is 1.11. The summed E-state index contributed by atoms with van der Waals surface area (Å²) in [6.07, 6.45) is 1.24. The SMILES string of the molecule is COc1ccc([C@H]2c3[nH]c4ccccc4c3C[C@@H]3C(=O)N(CCc4ccccc4)CC(=O)N23)cc1. The van der Waals surface area contributed by atoms with Crippen LogP contribution in [0.25, 0.3) is 10.9 Å². The lowest BCUT2D eigenvalue weighted by molar-refractivity contribution is -0.158. The third kappa shape index (κ3) is 3.66. The Balaban J connectivity index is 1.40. The highest BCUT2D eigenvalue weighted by atomic mass is 16.5. The Morgan fingerprint density at radius 2 is 1.69 bits per heavy atom. The molecule has 2 aliphatic heterocycles. The number of piperazine rings is 1. The maximum absolute atomic E-state index is 13.8. The molecular weight excluding hydrogens is 438 g/mol. The van der Waals surface area contributed by atoms with Crippen molar-refractivity contribution in [2.24, 2.45) is 0 Å². The van der Waals surface area contributed by atoms with E-state index >= 15 is 0 Å². The van der Waals surface area contributed by atoms with E-state index in [-0.39, 0.29) is 24.4 Å². The third-order valence-electron chi connectivity index (χ3n) is 7.29. The van der Waals surface area contributed by atoms with Gasteiger partial charge >= 0.3 is 0 Å². The molecule has 3 heterocycles. The Hall–Kier alpha value is -4.06. The van der Waals surface area contributed by atoms with Gasteiger partial charge in [0.15, 0.2) is 0 Å². The third-order valence-corrected chi connectivity index (χ3v) is 7.29. The molecule has 1 aromatic heterocycles. The van der Waals surface area contributed by atoms with E-state index in [1.54, 1.807) is 16.9 Å². The molecule has 0 unspecified atom stereocenters. The van der Waals surface area contributed by atoms with Gasteiger partial charge in [-0.25, -0.2) is 0 Å². The molecule has 176 valence electrons. The molecule has 0 radical (unpaired) electrons. The fourth-order valence-electron chi connectivity index (χ4n) is 5.55. The molecule has 35 heavy (non-hydrogen) atoms. The number of hydrogen-bond donors (Lipinski definition) is 1. The molecule has 6 heteroatoms. The second-order valence-electron chi connectivity index (χ2n) is 9.25. The summed E-state index contributed by atoms with van der Waals surface area (Å²) in [6.45, 7) is 0.636. The van der Waals surface area contributed by atoms with Crippen LogP contribution in [0, 0.1) is 0 Å². The lowest BCUT2D eigenvalue weighted by Gasteiger charge is -2.47. The van der Waals surface area contributed by atoms with Crippen molar-refractivity contribution in [3.8, 4) is 5.75 Å². The molecule has 2 atom stereocenters. The van der Waals surface area contributed by atoms with Gasteiger partial charge in [0.05, 0.1) is 19.7 Å². The van der Waals surface area contributed by atoms with Crippen molar-refractivity contribution in [2.45, 2.75) is 24.9 Å². The molecule has 4 aromatic rings. The minimum atomic E-state index is -0.522. The van der Waals surface area contributed by atoms with E-state index in [2.05, 4.69) is 23.2 Å². The van der Waals surface area contributed by atoms with E-state index in [1.807, 2.05) is 60.7 Å². The van der Waals surface area contributed by atoms with Crippen molar-refractivity contribution in [1.29, 1.82) is 0 Å². The van der Waals surface area contributed by atoms with Gasteiger partial charge < -0.3 is 19.5 Å². The molecule has 1 N–H and O–H groups in total. The van der Waals surface area contributed by atoms with Crippen molar-refractivity contribution in [2.75, 3.05) is 20.2 Å². The fraction of sp³-hybridized carbons (Fsp3) is 0.241. The minimum Gasteiger partial charge on any atom is -0.497 e. The van der Waals surface area contributed by atoms with Crippen LogP contribution in [0.1, 0.15) is 28.4 Å². The maximum Gasteiger partial charge on any atom is 0.246 e. The van der Waals surface area contributed by atoms with Crippen LogP contribution >= 0.6 is 0 Å². The molecule has 2 amide bonds. The number of amides is 2. The number of benzene rings is 3. The van der Waals surface area contributed by atoms with Crippen LogP contribution in [0.15, 0.2) is 78.9 Å². The number of nitrogens with one attached hydrogen (secondary N) is 1. The van der Waals surface area contributed by atoms with Crippen LogP contribution in [-0.4, -0.2) is 52.8 Å². The summed E-state index contributed by atoms with van der Waals surface area (Å²) in [4.78, 5) is 34.5. The van der Waals surface area contributed by atoms with Crippen molar-refractivity contribution in [1.82, 2.24) is 14.8 Å².